The number of esters is 1. The zero-order chi connectivity index (χ0) is 14.4. The molecular formula is C17H20O2S. The van der Waals surface area contributed by atoms with Gasteiger partial charge in [0, 0.05) is 10.8 Å². The maximum absolute atomic E-state index is 12.1. The molecule has 1 saturated heterocycles. The molecular weight excluding hydrogens is 268 g/mol. The van der Waals surface area contributed by atoms with Crippen LogP contribution in [0.25, 0.3) is 0 Å². The van der Waals surface area contributed by atoms with Gasteiger partial charge in [-0.3, -0.25) is 4.79 Å². The molecule has 0 bridgehead atoms. The number of allylic oxidation sites excluding steroid dienone is 2. The lowest BCUT2D eigenvalue weighted by molar-refractivity contribution is -0.141. The van der Waals surface area contributed by atoms with Crippen LogP contribution in [0.1, 0.15) is 19.3 Å². The Morgan fingerprint density at radius 3 is 2.60 bits per heavy atom. The molecule has 0 N–H and O–H groups in total. The zero-order valence-corrected chi connectivity index (χ0v) is 12.4. The fourth-order valence-corrected chi connectivity index (χ4v) is 3.70. The van der Waals surface area contributed by atoms with Crippen LogP contribution in [0.5, 0.6) is 0 Å². The van der Waals surface area contributed by atoms with Gasteiger partial charge in [-0.2, -0.15) is 0 Å². The number of rotatable bonds is 7. The molecule has 1 aliphatic rings. The molecule has 1 aliphatic heterocycles. The summed E-state index contributed by atoms with van der Waals surface area (Å²) in [7, 11) is 0. The van der Waals surface area contributed by atoms with Gasteiger partial charge in [0.25, 0.3) is 0 Å². The quantitative estimate of drug-likeness (QED) is 0.555. The maximum atomic E-state index is 12.1. The molecule has 1 aromatic rings. The van der Waals surface area contributed by atoms with E-state index >= 15 is 0 Å². The van der Waals surface area contributed by atoms with Gasteiger partial charge in [0.2, 0.25) is 0 Å². The number of ether oxygens (including phenoxy) is 1. The highest BCUT2D eigenvalue weighted by molar-refractivity contribution is 8.00. The van der Waals surface area contributed by atoms with Gasteiger partial charge >= 0.3 is 5.97 Å². The molecule has 1 fully saturated rings. The molecule has 0 radical (unpaired) electrons. The Morgan fingerprint density at radius 2 is 1.95 bits per heavy atom. The summed E-state index contributed by atoms with van der Waals surface area (Å²) in [5.74, 6) is 0.102. The molecule has 0 amide bonds. The Morgan fingerprint density at radius 1 is 1.20 bits per heavy atom. The van der Waals surface area contributed by atoms with E-state index in [2.05, 4.69) is 13.2 Å². The van der Waals surface area contributed by atoms with E-state index in [-0.39, 0.29) is 23.2 Å². The molecule has 0 saturated carbocycles. The van der Waals surface area contributed by atoms with Gasteiger partial charge in [0.1, 0.15) is 11.4 Å². The van der Waals surface area contributed by atoms with E-state index in [1.165, 1.54) is 0 Å². The number of benzene rings is 1. The van der Waals surface area contributed by atoms with Crippen molar-refractivity contribution < 1.29 is 9.53 Å². The maximum Gasteiger partial charge on any atom is 0.320 e. The second-order valence-corrected chi connectivity index (χ2v) is 6.10. The van der Waals surface area contributed by atoms with Crippen molar-refractivity contribution in [2.75, 3.05) is 0 Å². The number of hydrogen-bond donors (Lipinski definition) is 0. The highest BCUT2D eigenvalue weighted by Gasteiger charge is 2.43. The molecule has 3 heteroatoms. The molecule has 20 heavy (non-hydrogen) atoms. The Balaban J connectivity index is 2.10. The largest absolute Gasteiger partial charge is 0.461 e. The molecule has 2 nitrogen and oxygen atoms in total. The van der Waals surface area contributed by atoms with E-state index < -0.39 is 0 Å². The number of hydrogen-bond acceptors (Lipinski definition) is 3. The first-order chi connectivity index (χ1) is 9.76. The van der Waals surface area contributed by atoms with Gasteiger partial charge in [-0.05, 0) is 31.4 Å². The minimum atomic E-state index is -0.134. The van der Waals surface area contributed by atoms with Crippen LogP contribution in [0.2, 0.25) is 0 Å². The van der Waals surface area contributed by atoms with Crippen LogP contribution in [-0.4, -0.2) is 17.3 Å². The topological polar surface area (TPSA) is 26.3 Å². The van der Waals surface area contributed by atoms with Crippen molar-refractivity contribution in [2.45, 2.75) is 35.5 Å². The molecule has 0 aromatic heterocycles. The van der Waals surface area contributed by atoms with Gasteiger partial charge in [-0.25, -0.2) is 0 Å². The highest BCUT2D eigenvalue weighted by Crippen LogP contribution is 2.39. The van der Waals surface area contributed by atoms with Crippen LogP contribution in [0.4, 0.5) is 0 Å². The second-order valence-electron chi connectivity index (χ2n) is 4.88. The van der Waals surface area contributed by atoms with Crippen LogP contribution >= 0.6 is 11.8 Å². The molecule has 0 unspecified atom stereocenters. The summed E-state index contributed by atoms with van der Waals surface area (Å²) in [4.78, 5) is 13.2. The van der Waals surface area contributed by atoms with E-state index in [0.29, 0.717) is 0 Å². The normalized spacial score (nSPS) is 25.2. The summed E-state index contributed by atoms with van der Waals surface area (Å²) < 4.78 is 5.56. The van der Waals surface area contributed by atoms with E-state index in [1.807, 2.05) is 42.5 Å². The summed E-state index contributed by atoms with van der Waals surface area (Å²) in [6, 6.07) is 10.0. The SMILES string of the molecule is C=CCC[C@H]1OC(=O)[C@@H](Sc2ccccc2)[C@@H]1CC=C. The lowest BCUT2D eigenvalue weighted by Crippen LogP contribution is -2.22. The fraction of sp³-hybridized carbons (Fsp3) is 0.353. The van der Waals surface area contributed by atoms with Crippen molar-refractivity contribution in [3.63, 3.8) is 0 Å². The predicted molar refractivity (Wildman–Crippen MR) is 83.7 cm³/mol. The minimum Gasteiger partial charge on any atom is -0.461 e. The van der Waals surface area contributed by atoms with E-state index in [9.17, 15) is 4.79 Å². The van der Waals surface area contributed by atoms with Crippen molar-refractivity contribution in [3.8, 4) is 0 Å². The number of carbonyl (C=O) groups is 1. The monoisotopic (exact) mass is 288 g/mol. The van der Waals surface area contributed by atoms with E-state index in [0.717, 1.165) is 24.2 Å². The molecule has 0 aliphatic carbocycles. The third kappa shape index (κ3) is 3.54. The molecule has 1 heterocycles. The van der Waals surface area contributed by atoms with Crippen molar-refractivity contribution in [1.29, 1.82) is 0 Å². The lowest BCUT2D eigenvalue weighted by Gasteiger charge is -2.18. The second kappa shape index (κ2) is 7.34. The van der Waals surface area contributed by atoms with E-state index in [1.54, 1.807) is 11.8 Å². The van der Waals surface area contributed by atoms with Crippen LogP contribution in [0.3, 0.4) is 0 Å². The number of thioether (sulfide) groups is 1. The summed E-state index contributed by atoms with van der Waals surface area (Å²) in [6.45, 7) is 7.54. The Hall–Kier alpha value is -1.48. The van der Waals surface area contributed by atoms with Gasteiger partial charge in [0.05, 0.1) is 0 Å². The average molecular weight is 288 g/mol. The van der Waals surface area contributed by atoms with Gasteiger partial charge < -0.3 is 4.74 Å². The van der Waals surface area contributed by atoms with Crippen LogP contribution < -0.4 is 0 Å². The third-order valence-electron chi connectivity index (χ3n) is 3.47. The Labute approximate surface area is 124 Å². The Kier molecular flexibility index (Phi) is 5.48. The molecule has 106 valence electrons. The number of cyclic esters (lactones) is 1. The van der Waals surface area contributed by atoms with Crippen molar-refractivity contribution in [2.24, 2.45) is 5.92 Å². The molecule has 0 spiro atoms. The summed E-state index contributed by atoms with van der Waals surface area (Å²) >= 11 is 1.60. The van der Waals surface area contributed by atoms with Crippen molar-refractivity contribution in [1.82, 2.24) is 0 Å². The predicted octanol–water partition coefficient (Wildman–Crippen LogP) is 4.23. The van der Waals surface area contributed by atoms with Crippen LogP contribution in [0, 0.1) is 5.92 Å². The first-order valence-electron chi connectivity index (χ1n) is 6.90. The molecule has 3 atom stereocenters. The first-order valence-corrected chi connectivity index (χ1v) is 7.78. The van der Waals surface area contributed by atoms with Crippen LogP contribution in [-0.2, 0) is 9.53 Å². The molecule has 2 rings (SSSR count). The number of carbonyl (C=O) groups excluding carboxylic acids is 1. The van der Waals surface area contributed by atoms with E-state index in [4.69, 9.17) is 4.74 Å². The smallest absolute Gasteiger partial charge is 0.320 e. The standard InChI is InChI=1S/C17H20O2S/c1-3-5-12-15-14(9-4-2)16(17(18)19-15)20-13-10-7-6-8-11-13/h3-4,6-8,10-11,14-16H,1-2,5,9,12H2/t14-,15-,16+/m1/s1. The van der Waals surface area contributed by atoms with Crippen molar-refractivity contribution in [3.05, 3.63) is 55.6 Å². The highest BCUT2D eigenvalue weighted by atomic mass is 32.2. The third-order valence-corrected chi connectivity index (χ3v) is 4.81. The van der Waals surface area contributed by atoms with Gasteiger partial charge in [-0.1, -0.05) is 30.4 Å². The Bertz CT molecular complexity index is 469. The van der Waals surface area contributed by atoms with Crippen LogP contribution in [0.15, 0.2) is 60.5 Å². The van der Waals surface area contributed by atoms with Crippen molar-refractivity contribution >= 4 is 17.7 Å². The molecule has 1 aromatic carbocycles. The summed E-state index contributed by atoms with van der Waals surface area (Å²) in [5, 5.41) is -0.134. The summed E-state index contributed by atoms with van der Waals surface area (Å²) in [5.41, 5.74) is 0. The average Bonchev–Trinajstić information content (AvgIpc) is 2.75. The zero-order valence-electron chi connectivity index (χ0n) is 11.5. The fourth-order valence-electron chi connectivity index (χ4n) is 2.48. The van der Waals surface area contributed by atoms with Gasteiger partial charge in [0.15, 0.2) is 0 Å². The summed E-state index contributed by atoms with van der Waals surface area (Å²) in [6.07, 6.45) is 6.26. The first kappa shape index (κ1) is 14.9. The van der Waals surface area contributed by atoms with Gasteiger partial charge in [-0.15, -0.1) is 24.9 Å². The lowest BCUT2D eigenvalue weighted by atomic mass is 9.94. The minimum absolute atomic E-state index is 0.0142.